The Morgan fingerprint density at radius 1 is 1.30 bits per heavy atom. The number of amides is 1. The average Bonchev–Trinajstić information content (AvgIpc) is 3.20. The third kappa shape index (κ3) is 5.98. The van der Waals surface area contributed by atoms with Crippen LogP contribution >= 0.6 is 24.0 Å². The van der Waals surface area contributed by atoms with Gasteiger partial charge >= 0.3 is 0 Å². The number of aliphatic imine (C=N–C) groups is 1. The van der Waals surface area contributed by atoms with Gasteiger partial charge in [-0.2, -0.15) is 0 Å². The van der Waals surface area contributed by atoms with Crippen molar-refractivity contribution in [3.63, 3.8) is 0 Å². The van der Waals surface area contributed by atoms with E-state index in [2.05, 4.69) is 20.5 Å². The number of rotatable bonds is 5. The van der Waals surface area contributed by atoms with E-state index in [0.717, 1.165) is 63.3 Å². The highest BCUT2D eigenvalue weighted by atomic mass is 127. The van der Waals surface area contributed by atoms with Gasteiger partial charge in [-0.1, -0.05) is 18.9 Å². The lowest BCUT2D eigenvalue weighted by Crippen LogP contribution is -2.54. The maximum Gasteiger partial charge on any atom is 0.230 e. The zero-order chi connectivity index (χ0) is 20.9. The Morgan fingerprint density at radius 3 is 2.67 bits per heavy atom. The van der Waals surface area contributed by atoms with Gasteiger partial charge in [0.2, 0.25) is 5.91 Å². The molecule has 1 aliphatic carbocycles. The molecule has 2 N–H and O–H groups in total. The van der Waals surface area contributed by atoms with Crippen molar-refractivity contribution >= 4 is 41.5 Å². The number of guanidine groups is 1. The number of hydrogen-bond donors (Lipinski definition) is 2. The van der Waals surface area contributed by atoms with E-state index in [4.69, 9.17) is 0 Å². The summed E-state index contributed by atoms with van der Waals surface area (Å²) in [5, 5.41) is 6.92. The number of carbonyl (C=O) groups excluding carboxylic acids is 1. The van der Waals surface area contributed by atoms with Crippen LogP contribution in [-0.4, -0.2) is 63.6 Å². The Balaban J connectivity index is 0.00000320. The van der Waals surface area contributed by atoms with E-state index in [1.165, 1.54) is 6.07 Å². The zero-order valence-electron chi connectivity index (χ0n) is 18.3. The summed E-state index contributed by atoms with van der Waals surface area (Å²) in [6.07, 6.45) is 6.11. The first-order valence-corrected chi connectivity index (χ1v) is 10.6. The van der Waals surface area contributed by atoms with Crippen LogP contribution < -0.4 is 15.5 Å². The highest BCUT2D eigenvalue weighted by Gasteiger charge is 2.42. The molecule has 0 spiro atoms. The minimum absolute atomic E-state index is 0. The van der Waals surface area contributed by atoms with Crippen molar-refractivity contribution in [1.82, 2.24) is 15.5 Å². The molecule has 1 atom stereocenters. The fraction of sp³-hybridized carbons (Fsp3) is 0.636. The van der Waals surface area contributed by atoms with Gasteiger partial charge in [-0.15, -0.1) is 24.0 Å². The number of nitrogens with zero attached hydrogens (tertiary/aromatic N) is 3. The maximum atomic E-state index is 13.6. The SMILES string of the molecule is CN=C(NCC1(C(=O)N(C)C)CCCC1)NC1CCCN(c2cccc(F)c2)C1.I. The first-order chi connectivity index (χ1) is 13.9. The van der Waals surface area contributed by atoms with Crippen molar-refractivity contribution in [2.45, 2.75) is 44.6 Å². The Morgan fingerprint density at radius 2 is 2.03 bits per heavy atom. The Bertz CT molecular complexity index is 736. The lowest BCUT2D eigenvalue weighted by molar-refractivity contribution is -0.138. The molecular weight excluding hydrogens is 496 g/mol. The van der Waals surface area contributed by atoms with Crippen LogP contribution in [0.15, 0.2) is 29.3 Å². The van der Waals surface area contributed by atoms with Crippen molar-refractivity contribution in [2.24, 2.45) is 10.4 Å². The Labute approximate surface area is 196 Å². The molecule has 0 aromatic heterocycles. The summed E-state index contributed by atoms with van der Waals surface area (Å²) in [6, 6.07) is 7.00. The van der Waals surface area contributed by atoms with Gasteiger partial charge in [-0.3, -0.25) is 9.79 Å². The number of benzene rings is 1. The molecule has 2 fully saturated rings. The third-order valence-electron chi connectivity index (χ3n) is 6.17. The quantitative estimate of drug-likeness (QED) is 0.348. The summed E-state index contributed by atoms with van der Waals surface area (Å²) in [7, 11) is 5.43. The maximum absolute atomic E-state index is 13.6. The molecule has 1 saturated carbocycles. The fourth-order valence-electron chi connectivity index (χ4n) is 4.64. The number of hydrogen-bond acceptors (Lipinski definition) is 3. The predicted molar refractivity (Wildman–Crippen MR) is 131 cm³/mol. The van der Waals surface area contributed by atoms with E-state index in [0.29, 0.717) is 6.54 Å². The molecule has 3 rings (SSSR count). The van der Waals surface area contributed by atoms with Crippen LogP contribution in [0.1, 0.15) is 38.5 Å². The molecule has 1 aliphatic heterocycles. The molecular formula is C22H35FIN5O. The topological polar surface area (TPSA) is 60.0 Å². The monoisotopic (exact) mass is 531 g/mol. The summed E-state index contributed by atoms with van der Waals surface area (Å²) in [5.74, 6) is 0.726. The molecule has 1 aromatic rings. The predicted octanol–water partition coefficient (Wildman–Crippen LogP) is 3.23. The molecule has 8 heteroatoms. The third-order valence-corrected chi connectivity index (χ3v) is 6.17. The summed E-state index contributed by atoms with van der Waals surface area (Å²) in [4.78, 5) is 21.1. The standard InChI is InChI=1S/C22H34FN5O.HI/c1-24-21(25-16-22(11-4-5-12-22)20(29)27(2)3)26-18-9-7-13-28(15-18)19-10-6-8-17(23)14-19;/h6,8,10,14,18H,4-5,7,9,11-13,15-16H2,1-3H3,(H2,24,25,26);1H. The van der Waals surface area contributed by atoms with Crippen molar-refractivity contribution in [3.8, 4) is 0 Å². The molecule has 1 saturated heterocycles. The normalized spacial score (nSPS) is 21.0. The molecule has 1 heterocycles. The summed E-state index contributed by atoms with van der Waals surface area (Å²) < 4.78 is 13.6. The van der Waals surface area contributed by atoms with Crippen molar-refractivity contribution in [2.75, 3.05) is 45.7 Å². The van der Waals surface area contributed by atoms with Gasteiger partial charge in [0.25, 0.3) is 0 Å². The van der Waals surface area contributed by atoms with Crippen LogP contribution in [0.5, 0.6) is 0 Å². The van der Waals surface area contributed by atoms with Gasteiger partial charge in [0.1, 0.15) is 5.82 Å². The van der Waals surface area contributed by atoms with Crippen LogP contribution in [0.3, 0.4) is 0 Å². The number of halogens is 2. The first-order valence-electron chi connectivity index (χ1n) is 10.6. The van der Waals surface area contributed by atoms with Gasteiger partial charge in [-0.25, -0.2) is 4.39 Å². The van der Waals surface area contributed by atoms with Crippen molar-refractivity contribution in [1.29, 1.82) is 0 Å². The molecule has 1 amide bonds. The number of nitrogens with one attached hydrogen (secondary N) is 2. The van der Waals surface area contributed by atoms with E-state index in [-0.39, 0.29) is 47.2 Å². The second-order valence-corrected chi connectivity index (χ2v) is 8.52. The minimum Gasteiger partial charge on any atom is -0.369 e. The Kier molecular flexibility index (Phi) is 9.18. The highest BCUT2D eigenvalue weighted by molar-refractivity contribution is 14.0. The van der Waals surface area contributed by atoms with E-state index in [1.54, 1.807) is 24.1 Å². The molecule has 2 aliphatic rings. The molecule has 30 heavy (non-hydrogen) atoms. The molecule has 168 valence electrons. The molecule has 1 unspecified atom stereocenters. The summed E-state index contributed by atoms with van der Waals surface area (Å²) in [6.45, 7) is 2.32. The van der Waals surface area contributed by atoms with Crippen molar-refractivity contribution in [3.05, 3.63) is 30.1 Å². The van der Waals surface area contributed by atoms with Gasteiger partial charge in [0.15, 0.2) is 5.96 Å². The lowest BCUT2D eigenvalue weighted by atomic mass is 9.84. The van der Waals surface area contributed by atoms with Crippen LogP contribution in [0.2, 0.25) is 0 Å². The van der Waals surface area contributed by atoms with Crippen LogP contribution in [0, 0.1) is 11.2 Å². The molecule has 6 nitrogen and oxygen atoms in total. The van der Waals surface area contributed by atoms with Crippen LogP contribution in [-0.2, 0) is 4.79 Å². The van der Waals surface area contributed by atoms with Gasteiger partial charge in [-0.05, 0) is 43.9 Å². The van der Waals surface area contributed by atoms with Gasteiger partial charge in [0.05, 0.1) is 5.41 Å². The molecule has 1 aromatic carbocycles. The van der Waals surface area contributed by atoms with Crippen molar-refractivity contribution < 1.29 is 9.18 Å². The minimum atomic E-state index is -0.332. The largest absolute Gasteiger partial charge is 0.369 e. The van der Waals surface area contributed by atoms with Crippen LogP contribution in [0.25, 0.3) is 0 Å². The number of anilines is 1. The zero-order valence-corrected chi connectivity index (χ0v) is 20.6. The van der Waals surface area contributed by atoms with Gasteiger partial charge in [0, 0.05) is 52.5 Å². The van der Waals surface area contributed by atoms with Crippen LogP contribution in [0.4, 0.5) is 10.1 Å². The second-order valence-electron chi connectivity index (χ2n) is 8.52. The second kappa shape index (κ2) is 11.2. The number of carbonyl (C=O) groups is 1. The fourth-order valence-corrected chi connectivity index (χ4v) is 4.64. The average molecular weight is 531 g/mol. The van der Waals surface area contributed by atoms with Gasteiger partial charge < -0.3 is 20.4 Å². The lowest BCUT2D eigenvalue weighted by Gasteiger charge is -2.36. The summed E-state index contributed by atoms with van der Waals surface area (Å²) >= 11 is 0. The molecule has 0 bridgehead atoms. The van der Waals surface area contributed by atoms with E-state index < -0.39 is 0 Å². The highest BCUT2D eigenvalue weighted by Crippen LogP contribution is 2.38. The van der Waals surface area contributed by atoms with E-state index >= 15 is 0 Å². The van der Waals surface area contributed by atoms with E-state index in [1.807, 2.05) is 20.2 Å². The Hall–Kier alpha value is -1.58. The van der Waals surface area contributed by atoms with E-state index in [9.17, 15) is 9.18 Å². The molecule has 0 radical (unpaired) electrons. The number of piperidine rings is 1. The summed E-state index contributed by atoms with van der Waals surface area (Å²) in [5.41, 5.74) is 0.585. The first kappa shape index (κ1) is 24.7. The smallest absolute Gasteiger partial charge is 0.230 e.